The van der Waals surface area contributed by atoms with Crippen LogP contribution in [0, 0.1) is 20.8 Å². The van der Waals surface area contributed by atoms with E-state index in [1.165, 1.54) is 0 Å². The molecule has 3 aromatic rings. The van der Waals surface area contributed by atoms with Crippen molar-refractivity contribution in [1.29, 1.82) is 0 Å². The highest BCUT2D eigenvalue weighted by Gasteiger charge is 2.20. The minimum atomic E-state index is -0.582. The van der Waals surface area contributed by atoms with E-state index in [1.807, 2.05) is 52.1 Å². The molecular formula is C21H27N5O3. The van der Waals surface area contributed by atoms with Gasteiger partial charge in [-0.15, -0.1) is 0 Å². The minimum Gasteiger partial charge on any atom is -0.491 e. The van der Waals surface area contributed by atoms with Crippen LogP contribution >= 0.6 is 0 Å². The summed E-state index contributed by atoms with van der Waals surface area (Å²) in [6, 6.07) is 7.52. The van der Waals surface area contributed by atoms with Crippen LogP contribution in [0.25, 0.3) is 22.6 Å². The number of aryl methyl sites for hydroxylation is 2. The number of hydrogen-bond acceptors (Lipinski definition) is 8. The molecule has 0 amide bonds. The number of nitrogens with zero attached hydrogens (tertiary/aromatic N) is 3. The van der Waals surface area contributed by atoms with Gasteiger partial charge in [0.05, 0.1) is 17.0 Å². The Kier molecular flexibility index (Phi) is 6.46. The van der Waals surface area contributed by atoms with Crippen LogP contribution in [0.5, 0.6) is 5.75 Å². The Morgan fingerprint density at radius 1 is 1.17 bits per heavy atom. The summed E-state index contributed by atoms with van der Waals surface area (Å²) in [7, 11) is 3.62. The van der Waals surface area contributed by atoms with E-state index >= 15 is 0 Å². The number of aliphatic hydroxyl groups excluding tert-OH is 1. The van der Waals surface area contributed by atoms with E-state index in [9.17, 15) is 5.11 Å². The summed E-state index contributed by atoms with van der Waals surface area (Å²) in [4.78, 5) is 9.48. The van der Waals surface area contributed by atoms with Crippen molar-refractivity contribution in [1.82, 2.24) is 20.4 Å². The third-order valence-electron chi connectivity index (χ3n) is 4.63. The van der Waals surface area contributed by atoms with Crippen LogP contribution in [0.4, 0.5) is 5.82 Å². The maximum atomic E-state index is 9.85. The van der Waals surface area contributed by atoms with Crippen molar-refractivity contribution in [2.75, 3.05) is 32.6 Å². The molecule has 1 atom stereocenters. The molecule has 0 aliphatic carbocycles. The first kappa shape index (κ1) is 20.8. The molecule has 3 rings (SSSR count). The Bertz CT molecular complexity index is 967. The van der Waals surface area contributed by atoms with Gasteiger partial charge >= 0.3 is 0 Å². The lowest BCUT2D eigenvalue weighted by molar-refractivity contribution is 0.108. The first-order chi connectivity index (χ1) is 13.9. The van der Waals surface area contributed by atoms with Crippen LogP contribution in [0.3, 0.4) is 0 Å². The fourth-order valence-electron chi connectivity index (χ4n) is 3.17. The zero-order valence-electron chi connectivity index (χ0n) is 17.4. The maximum Gasteiger partial charge on any atom is 0.162 e. The van der Waals surface area contributed by atoms with Crippen LogP contribution in [-0.2, 0) is 0 Å². The van der Waals surface area contributed by atoms with Gasteiger partial charge in [0.2, 0.25) is 0 Å². The molecule has 29 heavy (non-hydrogen) atoms. The molecule has 0 radical (unpaired) electrons. The van der Waals surface area contributed by atoms with Crippen LogP contribution < -0.4 is 15.4 Å². The van der Waals surface area contributed by atoms with E-state index in [0.717, 1.165) is 33.9 Å². The highest BCUT2D eigenvalue weighted by atomic mass is 16.5. The number of aliphatic hydroxyl groups is 1. The van der Waals surface area contributed by atoms with Crippen LogP contribution in [0.1, 0.15) is 17.0 Å². The fraction of sp³-hybridized carbons (Fsp3) is 0.381. The van der Waals surface area contributed by atoms with Crippen molar-refractivity contribution in [2.24, 2.45) is 0 Å². The average Bonchev–Trinajstić information content (AvgIpc) is 3.05. The normalized spacial score (nSPS) is 12.1. The number of rotatable bonds is 8. The molecule has 2 aromatic heterocycles. The van der Waals surface area contributed by atoms with E-state index in [1.54, 1.807) is 7.05 Å². The van der Waals surface area contributed by atoms with Gasteiger partial charge in [0.1, 0.15) is 30.0 Å². The van der Waals surface area contributed by atoms with Gasteiger partial charge in [0.25, 0.3) is 0 Å². The number of aromatic nitrogens is 3. The molecular weight excluding hydrogens is 370 g/mol. The van der Waals surface area contributed by atoms with Crippen molar-refractivity contribution < 1.29 is 14.4 Å². The Morgan fingerprint density at radius 2 is 1.97 bits per heavy atom. The fourth-order valence-corrected chi connectivity index (χ4v) is 3.17. The molecule has 0 fully saturated rings. The number of likely N-dealkylation sites (N-methyl/N-ethyl adjacent to an activating group) is 1. The van der Waals surface area contributed by atoms with E-state index in [4.69, 9.17) is 14.2 Å². The third kappa shape index (κ3) is 4.55. The summed E-state index contributed by atoms with van der Waals surface area (Å²) in [6.45, 7) is 6.41. The lowest BCUT2D eigenvalue weighted by Gasteiger charge is -2.14. The number of anilines is 1. The van der Waals surface area contributed by atoms with Crippen molar-refractivity contribution in [3.05, 3.63) is 41.3 Å². The first-order valence-corrected chi connectivity index (χ1v) is 9.50. The predicted octanol–water partition coefficient (Wildman–Crippen LogP) is 2.72. The number of nitrogens with one attached hydrogen (secondary N) is 2. The summed E-state index contributed by atoms with van der Waals surface area (Å²) in [6.07, 6.45) is -0.582. The number of hydrogen-bond donors (Lipinski definition) is 3. The second kappa shape index (κ2) is 9.02. The van der Waals surface area contributed by atoms with Gasteiger partial charge in [-0.1, -0.05) is 17.3 Å². The molecule has 1 aromatic carbocycles. The Labute approximate surface area is 170 Å². The second-order valence-electron chi connectivity index (χ2n) is 6.87. The highest BCUT2D eigenvalue weighted by Crippen LogP contribution is 2.33. The van der Waals surface area contributed by atoms with Crippen molar-refractivity contribution >= 4 is 5.82 Å². The summed E-state index contributed by atoms with van der Waals surface area (Å²) < 4.78 is 11.1. The Hall–Kier alpha value is -2.97. The molecule has 1 unspecified atom stereocenters. The van der Waals surface area contributed by atoms with Gasteiger partial charge in [0.15, 0.2) is 5.82 Å². The van der Waals surface area contributed by atoms with Gasteiger partial charge in [-0.3, -0.25) is 0 Å². The molecule has 2 heterocycles. The van der Waals surface area contributed by atoms with E-state index in [2.05, 4.69) is 20.8 Å². The van der Waals surface area contributed by atoms with E-state index in [0.29, 0.717) is 23.9 Å². The standard InChI is InChI=1S/C21H27N5O3/c1-12-19(18-13(2)26-29-14(18)3)24-21(25-20(12)23-5)15-7-6-8-17(9-15)28-11-16(27)10-22-4/h6-9,16,22,27H,10-11H2,1-5H3,(H,23,24,25). The predicted molar refractivity (Wildman–Crippen MR) is 112 cm³/mol. The average molecular weight is 397 g/mol. The van der Waals surface area contributed by atoms with Gasteiger partial charge < -0.3 is 25.0 Å². The molecule has 0 aliphatic heterocycles. The number of ether oxygens (including phenoxy) is 1. The monoisotopic (exact) mass is 397 g/mol. The Balaban J connectivity index is 1.99. The van der Waals surface area contributed by atoms with Crippen LogP contribution in [0.15, 0.2) is 28.8 Å². The topological polar surface area (TPSA) is 105 Å². The smallest absolute Gasteiger partial charge is 0.162 e. The summed E-state index contributed by atoms with van der Waals surface area (Å²) in [5.41, 5.74) is 4.19. The highest BCUT2D eigenvalue weighted by molar-refractivity contribution is 5.74. The third-order valence-corrected chi connectivity index (χ3v) is 4.63. The van der Waals surface area contributed by atoms with Gasteiger partial charge in [-0.25, -0.2) is 9.97 Å². The molecule has 8 nitrogen and oxygen atoms in total. The van der Waals surface area contributed by atoms with Gasteiger partial charge in [-0.05, 0) is 40.0 Å². The molecule has 3 N–H and O–H groups in total. The van der Waals surface area contributed by atoms with Gasteiger partial charge in [-0.2, -0.15) is 0 Å². The van der Waals surface area contributed by atoms with Crippen molar-refractivity contribution in [3.8, 4) is 28.4 Å². The van der Waals surface area contributed by atoms with E-state index in [-0.39, 0.29) is 6.61 Å². The maximum absolute atomic E-state index is 9.85. The quantitative estimate of drug-likeness (QED) is 0.533. The van der Waals surface area contributed by atoms with Gasteiger partial charge in [0, 0.05) is 24.7 Å². The van der Waals surface area contributed by atoms with Crippen molar-refractivity contribution in [2.45, 2.75) is 26.9 Å². The largest absolute Gasteiger partial charge is 0.491 e. The molecule has 0 spiro atoms. The lowest BCUT2D eigenvalue weighted by atomic mass is 10.0. The molecule has 8 heteroatoms. The SMILES string of the molecule is CNCC(O)COc1cccc(-c2nc(NC)c(C)c(-c3c(C)noc3C)n2)c1. The van der Waals surface area contributed by atoms with Crippen LogP contribution in [0.2, 0.25) is 0 Å². The molecule has 0 bridgehead atoms. The lowest BCUT2D eigenvalue weighted by Crippen LogP contribution is -2.29. The van der Waals surface area contributed by atoms with Crippen LogP contribution in [-0.4, -0.2) is 53.6 Å². The second-order valence-corrected chi connectivity index (χ2v) is 6.87. The van der Waals surface area contributed by atoms with Crippen molar-refractivity contribution in [3.63, 3.8) is 0 Å². The molecule has 0 saturated carbocycles. The first-order valence-electron chi connectivity index (χ1n) is 9.50. The number of benzene rings is 1. The summed E-state index contributed by atoms with van der Waals surface area (Å²) >= 11 is 0. The summed E-state index contributed by atoms with van der Waals surface area (Å²) in [5.74, 6) is 2.66. The zero-order valence-corrected chi connectivity index (χ0v) is 17.4. The molecule has 0 aliphatic rings. The zero-order chi connectivity index (χ0) is 21.0. The molecule has 0 saturated heterocycles. The minimum absolute atomic E-state index is 0.200. The Morgan fingerprint density at radius 3 is 2.62 bits per heavy atom. The van der Waals surface area contributed by atoms with E-state index < -0.39 is 6.10 Å². The molecule has 154 valence electrons. The summed E-state index contributed by atoms with van der Waals surface area (Å²) in [5, 5.41) is 20.0.